The zero-order valence-corrected chi connectivity index (χ0v) is 18.6. The van der Waals surface area contributed by atoms with Crippen molar-refractivity contribution in [2.24, 2.45) is 0 Å². The molecule has 0 radical (unpaired) electrons. The van der Waals surface area contributed by atoms with Crippen molar-refractivity contribution in [1.29, 1.82) is 0 Å². The van der Waals surface area contributed by atoms with E-state index in [2.05, 4.69) is 61.7 Å². The van der Waals surface area contributed by atoms with Gasteiger partial charge in [0.25, 0.3) is 0 Å². The van der Waals surface area contributed by atoms with Crippen molar-refractivity contribution < 1.29 is 0 Å². The van der Waals surface area contributed by atoms with Crippen molar-refractivity contribution in [3.63, 3.8) is 0 Å². The van der Waals surface area contributed by atoms with Crippen LogP contribution in [0.3, 0.4) is 0 Å². The Morgan fingerprint density at radius 2 is 1.75 bits per heavy atom. The minimum atomic E-state index is 0.718. The van der Waals surface area contributed by atoms with Gasteiger partial charge in [0.1, 0.15) is 0 Å². The number of aryl methyl sites for hydroxylation is 2. The lowest BCUT2D eigenvalue weighted by atomic mass is 9.90. The molecule has 5 nitrogen and oxygen atoms in total. The van der Waals surface area contributed by atoms with Gasteiger partial charge >= 0.3 is 0 Å². The van der Waals surface area contributed by atoms with E-state index in [4.69, 9.17) is 11.6 Å². The molecule has 160 valence electrons. The first-order valence-electron chi connectivity index (χ1n) is 11.3. The molecule has 1 N–H and O–H groups in total. The molecule has 0 spiro atoms. The van der Waals surface area contributed by atoms with Crippen LogP contribution in [0.2, 0.25) is 5.02 Å². The van der Waals surface area contributed by atoms with Crippen LogP contribution in [0, 0.1) is 0 Å². The van der Waals surface area contributed by atoms with Crippen molar-refractivity contribution >= 4 is 17.4 Å². The first-order valence-corrected chi connectivity index (χ1v) is 11.7. The second-order valence-electron chi connectivity index (χ2n) is 8.68. The number of nitrogens with one attached hydrogen (secondary N) is 1. The van der Waals surface area contributed by atoms with Gasteiger partial charge < -0.3 is 4.90 Å². The molecule has 4 aromatic rings. The summed E-state index contributed by atoms with van der Waals surface area (Å²) in [5.74, 6) is 0.899. The molecule has 2 aromatic carbocycles. The number of aromatic amines is 1. The first-order chi connectivity index (χ1) is 15.7. The molecule has 6 heteroatoms. The molecule has 2 aromatic heterocycles. The fourth-order valence-corrected chi connectivity index (χ4v) is 5.10. The van der Waals surface area contributed by atoms with E-state index in [-0.39, 0.29) is 0 Å². The molecule has 0 saturated heterocycles. The number of anilines is 1. The van der Waals surface area contributed by atoms with E-state index in [1.54, 1.807) is 0 Å². The Bertz CT molecular complexity index is 1280. The Hall–Kier alpha value is -3.18. The van der Waals surface area contributed by atoms with Crippen LogP contribution >= 0.6 is 11.6 Å². The number of hydrogen-bond acceptors (Lipinski definition) is 4. The second kappa shape index (κ2) is 8.06. The third kappa shape index (κ3) is 3.56. The smallest absolute Gasteiger partial charge is 0.151 e. The standard InChI is InChI=1S/C26H24ClN5/c27-21-7-3-6-20(15-21)26-22-16-32(13-12-24(22)29-31-26)25-11-10-23(28-30-25)19-9-8-17-4-1-2-5-18(17)14-19/h3,6-11,14-15H,1-2,4-5,12-13,16H2,(H,29,31). The summed E-state index contributed by atoms with van der Waals surface area (Å²) < 4.78 is 0. The van der Waals surface area contributed by atoms with Crippen LogP contribution in [0.5, 0.6) is 0 Å². The van der Waals surface area contributed by atoms with Gasteiger partial charge in [-0.1, -0.05) is 35.9 Å². The number of halogens is 1. The van der Waals surface area contributed by atoms with Crippen LogP contribution in [0.25, 0.3) is 22.5 Å². The largest absolute Gasteiger partial charge is 0.350 e. The summed E-state index contributed by atoms with van der Waals surface area (Å²) in [6.45, 7) is 1.64. The highest BCUT2D eigenvalue weighted by Crippen LogP contribution is 2.32. The number of fused-ring (bicyclic) bond motifs is 2. The second-order valence-corrected chi connectivity index (χ2v) is 9.12. The summed E-state index contributed by atoms with van der Waals surface area (Å²) in [6, 6.07) is 18.8. The molecule has 2 aliphatic rings. The third-order valence-electron chi connectivity index (χ3n) is 6.65. The highest BCUT2D eigenvalue weighted by Gasteiger charge is 2.24. The van der Waals surface area contributed by atoms with Crippen LogP contribution in [0.1, 0.15) is 35.2 Å². The molecule has 0 fully saturated rings. The average molecular weight is 442 g/mol. The normalized spacial score (nSPS) is 15.3. The summed E-state index contributed by atoms with van der Waals surface area (Å²) in [7, 11) is 0. The van der Waals surface area contributed by atoms with E-state index in [0.29, 0.717) is 0 Å². The van der Waals surface area contributed by atoms with E-state index >= 15 is 0 Å². The summed E-state index contributed by atoms with van der Waals surface area (Å²) in [5.41, 5.74) is 9.44. The van der Waals surface area contributed by atoms with Crippen molar-refractivity contribution in [3.8, 4) is 22.5 Å². The fourth-order valence-electron chi connectivity index (χ4n) is 4.91. The number of nitrogens with zero attached hydrogens (tertiary/aromatic N) is 4. The van der Waals surface area contributed by atoms with Gasteiger partial charge in [0.15, 0.2) is 5.82 Å². The number of aromatic nitrogens is 4. The van der Waals surface area contributed by atoms with Gasteiger partial charge in [0, 0.05) is 46.9 Å². The van der Waals surface area contributed by atoms with Gasteiger partial charge in [-0.2, -0.15) is 5.10 Å². The van der Waals surface area contributed by atoms with Gasteiger partial charge in [-0.05, 0) is 67.1 Å². The molecule has 0 atom stereocenters. The Morgan fingerprint density at radius 3 is 2.59 bits per heavy atom. The van der Waals surface area contributed by atoms with E-state index < -0.39 is 0 Å². The number of H-pyrrole nitrogens is 1. The van der Waals surface area contributed by atoms with Crippen molar-refractivity contribution in [2.45, 2.75) is 38.6 Å². The predicted octanol–water partition coefficient (Wildman–Crippen LogP) is 5.63. The first kappa shape index (κ1) is 19.5. The van der Waals surface area contributed by atoms with Gasteiger partial charge in [0.2, 0.25) is 0 Å². The van der Waals surface area contributed by atoms with Crippen LogP contribution in [-0.2, 0) is 25.8 Å². The van der Waals surface area contributed by atoms with E-state index in [1.807, 2.05) is 18.2 Å². The lowest BCUT2D eigenvalue weighted by molar-refractivity contribution is 0.686. The van der Waals surface area contributed by atoms with E-state index in [9.17, 15) is 0 Å². The lowest BCUT2D eigenvalue weighted by Crippen LogP contribution is -2.31. The van der Waals surface area contributed by atoms with Crippen molar-refractivity contribution in [1.82, 2.24) is 20.4 Å². The Kier molecular flexibility index (Phi) is 4.91. The monoisotopic (exact) mass is 441 g/mol. The van der Waals surface area contributed by atoms with Crippen LogP contribution in [0.4, 0.5) is 5.82 Å². The molecule has 1 aliphatic carbocycles. The van der Waals surface area contributed by atoms with Gasteiger partial charge in [0.05, 0.1) is 11.4 Å². The minimum absolute atomic E-state index is 0.718. The van der Waals surface area contributed by atoms with Crippen molar-refractivity contribution in [3.05, 3.63) is 82.0 Å². The van der Waals surface area contributed by atoms with Crippen molar-refractivity contribution in [2.75, 3.05) is 11.4 Å². The zero-order valence-electron chi connectivity index (χ0n) is 17.8. The molecular weight excluding hydrogens is 418 g/mol. The highest BCUT2D eigenvalue weighted by molar-refractivity contribution is 6.30. The highest BCUT2D eigenvalue weighted by atomic mass is 35.5. The quantitative estimate of drug-likeness (QED) is 0.447. The lowest BCUT2D eigenvalue weighted by Gasteiger charge is -2.27. The summed E-state index contributed by atoms with van der Waals surface area (Å²) in [5, 5.41) is 17.7. The average Bonchev–Trinajstić information content (AvgIpc) is 3.27. The maximum absolute atomic E-state index is 6.21. The number of benzene rings is 2. The molecule has 1 aliphatic heterocycles. The van der Waals surface area contributed by atoms with Gasteiger partial charge in [-0.25, -0.2) is 0 Å². The zero-order chi connectivity index (χ0) is 21.5. The number of rotatable bonds is 3. The number of hydrogen-bond donors (Lipinski definition) is 1. The Labute approximate surface area is 192 Å². The summed E-state index contributed by atoms with van der Waals surface area (Å²) in [4.78, 5) is 2.27. The van der Waals surface area contributed by atoms with Crippen LogP contribution < -0.4 is 4.90 Å². The SMILES string of the molecule is Clc1cccc(-c2n[nH]c3c2CN(c2ccc(-c4ccc5c(c4)CCCC5)nn2)CC3)c1. The van der Waals surface area contributed by atoms with Crippen LogP contribution in [-0.4, -0.2) is 26.9 Å². The molecule has 32 heavy (non-hydrogen) atoms. The summed E-state index contributed by atoms with van der Waals surface area (Å²) in [6.07, 6.45) is 5.85. The molecule has 0 unspecified atom stereocenters. The molecule has 0 saturated carbocycles. The predicted molar refractivity (Wildman–Crippen MR) is 128 cm³/mol. The Balaban J connectivity index is 1.25. The fraction of sp³-hybridized carbons (Fsp3) is 0.269. The van der Waals surface area contributed by atoms with E-state index in [0.717, 1.165) is 52.9 Å². The Morgan fingerprint density at radius 1 is 0.844 bits per heavy atom. The molecule has 3 heterocycles. The molecule has 0 amide bonds. The van der Waals surface area contributed by atoms with E-state index in [1.165, 1.54) is 48.1 Å². The minimum Gasteiger partial charge on any atom is -0.350 e. The maximum Gasteiger partial charge on any atom is 0.151 e. The topological polar surface area (TPSA) is 57.7 Å². The van der Waals surface area contributed by atoms with Gasteiger partial charge in [-0.3, -0.25) is 5.10 Å². The van der Waals surface area contributed by atoms with Crippen LogP contribution in [0.15, 0.2) is 54.6 Å². The molecule has 0 bridgehead atoms. The van der Waals surface area contributed by atoms with Gasteiger partial charge in [-0.15, -0.1) is 10.2 Å². The summed E-state index contributed by atoms with van der Waals surface area (Å²) >= 11 is 6.21. The third-order valence-corrected chi connectivity index (χ3v) is 6.89. The maximum atomic E-state index is 6.21. The molecule has 6 rings (SSSR count). The molecular formula is C26H24ClN5.